The summed E-state index contributed by atoms with van der Waals surface area (Å²) in [6.45, 7) is 7.51. The Kier molecular flexibility index (Phi) is 1.92. The predicted molar refractivity (Wildman–Crippen MR) is 47.5 cm³/mol. The van der Waals surface area contributed by atoms with Gasteiger partial charge in [0.15, 0.2) is 0 Å². The van der Waals surface area contributed by atoms with E-state index in [2.05, 4.69) is 18.7 Å². The molecular formula is C10H19N. The molecule has 2 aliphatic heterocycles. The summed E-state index contributed by atoms with van der Waals surface area (Å²) < 4.78 is 0. The van der Waals surface area contributed by atoms with Gasteiger partial charge in [0.2, 0.25) is 0 Å². The lowest BCUT2D eigenvalue weighted by molar-refractivity contribution is 0.305. The minimum atomic E-state index is 0.903. The zero-order valence-electron chi connectivity index (χ0n) is 7.71. The number of hydrogen-bond acceptors (Lipinski definition) is 1. The molecule has 1 heteroatoms. The molecule has 2 rings (SSSR count). The Balaban J connectivity index is 1.94. The van der Waals surface area contributed by atoms with Gasteiger partial charge in [-0.2, -0.15) is 0 Å². The zero-order chi connectivity index (χ0) is 7.84. The van der Waals surface area contributed by atoms with E-state index >= 15 is 0 Å². The first kappa shape index (κ1) is 7.60. The second-order valence-corrected chi connectivity index (χ2v) is 4.53. The summed E-state index contributed by atoms with van der Waals surface area (Å²) >= 11 is 0. The van der Waals surface area contributed by atoms with Crippen molar-refractivity contribution in [2.45, 2.75) is 39.2 Å². The largest absolute Gasteiger partial charge is 0.300 e. The third-order valence-electron chi connectivity index (χ3n) is 3.49. The molecule has 1 nitrogen and oxygen atoms in total. The first-order valence-electron chi connectivity index (χ1n) is 5.01. The Hall–Kier alpha value is -0.0400. The van der Waals surface area contributed by atoms with E-state index in [1.54, 1.807) is 0 Å². The van der Waals surface area contributed by atoms with Crippen molar-refractivity contribution in [2.75, 3.05) is 13.1 Å². The standard InChI is InChI=1S/C10H19N/c1-8(2)9-6-10-4-3-5-11(10)7-9/h8-10H,3-7H2,1-2H3. The first-order chi connectivity index (χ1) is 5.27. The topological polar surface area (TPSA) is 3.24 Å². The second kappa shape index (κ2) is 2.78. The van der Waals surface area contributed by atoms with Crippen LogP contribution in [0.3, 0.4) is 0 Å². The van der Waals surface area contributed by atoms with Crippen molar-refractivity contribution in [3.63, 3.8) is 0 Å². The molecule has 0 aliphatic carbocycles. The highest BCUT2D eigenvalue weighted by Gasteiger charge is 2.35. The molecule has 0 N–H and O–H groups in total. The highest BCUT2D eigenvalue weighted by Crippen LogP contribution is 2.34. The van der Waals surface area contributed by atoms with E-state index in [4.69, 9.17) is 0 Å². The minimum absolute atomic E-state index is 0.903. The van der Waals surface area contributed by atoms with Crippen LogP contribution < -0.4 is 0 Å². The van der Waals surface area contributed by atoms with E-state index in [0.717, 1.165) is 17.9 Å². The molecule has 2 aliphatic rings. The van der Waals surface area contributed by atoms with Gasteiger partial charge in [-0.3, -0.25) is 0 Å². The van der Waals surface area contributed by atoms with Crippen molar-refractivity contribution in [1.82, 2.24) is 4.90 Å². The van der Waals surface area contributed by atoms with Crippen molar-refractivity contribution in [1.29, 1.82) is 0 Å². The zero-order valence-corrected chi connectivity index (χ0v) is 7.71. The molecule has 0 spiro atoms. The van der Waals surface area contributed by atoms with Crippen molar-refractivity contribution in [3.05, 3.63) is 0 Å². The highest BCUT2D eigenvalue weighted by atomic mass is 15.2. The van der Waals surface area contributed by atoms with Gasteiger partial charge in [-0.25, -0.2) is 0 Å². The van der Waals surface area contributed by atoms with Gasteiger partial charge in [-0.15, -0.1) is 0 Å². The average Bonchev–Trinajstić information content (AvgIpc) is 2.40. The maximum atomic E-state index is 2.70. The SMILES string of the molecule is CC(C)C1CC2CCCN2C1. The minimum Gasteiger partial charge on any atom is -0.300 e. The summed E-state index contributed by atoms with van der Waals surface area (Å²) in [5.74, 6) is 1.90. The molecule has 0 bridgehead atoms. The molecule has 2 saturated heterocycles. The molecule has 2 fully saturated rings. The molecule has 2 heterocycles. The summed E-state index contributed by atoms with van der Waals surface area (Å²) in [6, 6.07) is 0.974. The van der Waals surface area contributed by atoms with E-state index in [1.807, 2.05) is 0 Å². The van der Waals surface area contributed by atoms with Gasteiger partial charge in [0.05, 0.1) is 0 Å². The fraction of sp³-hybridized carbons (Fsp3) is 1.00. The molecule has 2 unspecified atom stereocenters. The van der Waals surface area contributed by atoms with Crippen LogP contribution in [0.1, 0.15) is 33.1 Å². The molecule has 0 amide bonds. The van der Waals surface area contributed by atoms with E-state index in [9.17, 15) is 0 Å². The summed E-state index contributed by atoms with van der Waals surface area (Å²) in [6.07, 6.45) is 4.41. The summed E-state index contributed by atoms with van der Waals surface area (Å²) in [5, 5.41) is 0. The molecule has 0 saturated carbocycles. The third kappa shape index (κ3) is 1.31. The van der Waals surface area contributed by atoms with Crippen molar-refractivity contribution < 1.29 is 0 Å². The average molecular weight is 153 g/mol. The van der Waals surface area contributed by atoms with Crippen LogP contribution in [0.15, 0.2) is 0 Å². The summed E-state index contributed by atoms with van der Waals surface area (Å²) in [7, 11) is 0. The van der Waals surface area contributed by atoms with Gasteiger partial charge in [-0.05, 0) is 37.6 Å². The third-order valence-corrected chi connectivity index (χ3v) is 3.49. The second-order valence-electron chi connectivity index (χ2n) is 4.53. The number of fused-ring (bicyclic) bond motifs is 1. The summed E-state index contributed by atoms with van der Waals surface area (Å²) in [4.78, 5) is 2.70. The van der Waals surface area contributed by atoms with Crippen LogP contribution in [-0.2, 0) is 0 Å². The Bertz CT molecular complexity index is 130. The van der Waals surface area contributed by atoms with E-state index in [0.29, 0.717) is 0 Å². The lowest BCUT2D eigenvalue weighted by atomic mass is 9.92. The van der Waals surface area contributed by atoms with Gasteiger partial charge in [0.25, 0.3) is 0 Å². The lowest BCUT2D eigenvalue weighted by Crippen LogP contribution is -2.23. The smallest absolute Gasteiger partial charge is 0.00990 e. The van der Waals surface area contributed by atoms with Gasteiger partial charge in [0.1, 0.15) is 0 Å². The molecular weight excluding hydrogens is 134 g/mol. The Labute approximate surface area is 69.8 Å². The Morgan fingerprint density at radius 3 is 2.82 bits per heavy atom. The fourth-order valence-corrected chi connectivity index (χ4v) is 2.61. The Morgan fingerprint density at radius 2 is 2.18 bits per heavy atom. The number of hydrogen-bond donors (Lipinski definition) is 0. The van der Waals surface area contributed by atoms with Crippen LogP contribution in [0.5, 0.6) is 0 Å². The predicted octanol–water partition coefficient (Wildman–Crippen LogP) is 2.13. The van der Waals surface area contributed by atoms with Gasteiger partial charge < -0.3 is 4.90 Å². The van der Waals surface area contributed by atoms with Crippen LogP contribution in [0.4, 0.5) is 0 Å². The lowest BCUT2D eigenvalue weighted by Gasteiger charge is -2.15. The summed E-state index contributed by atoms with van der Waals surface area (Å²) in [5.41, 5.74) is 0. The maximum Gasteiger partial charge on any atom is 0.00990 e. The molecule has 0 aromatic heterocycles. The van der Waals surface area contributed by atoms with Crippen molar-refractivity contribution >= 4 is 0 Å². The van der Waals surface area contributed by atoms with E-state index in [1.165, 1.54) is 32.4 Å². The van der Waals surface area contributed by atoms with Crippen LogP contribution >= 0.6 is 0 Å². The monoisotopic (exact) mass is 153 g/mol. The Morgan fingerprint density at radius 1 is 1.36 bits per heavy atom. The fourth-order valence-electron chi connectivity index (χ4n) is 2.61. The van der Waals surface area contributed by atoms with Gasteiger partial charge in [0, 0.05) is 12.6 Å². The molecule has 0 aromatic rings. The van der Waals surface area contributed by atoms with Gasteiger partial charge in [-0.1, -0.05) is 13.8 Å². The number of nitrogens with zero attached hydrogens (tertiary/aromatic N) is 1. The number of rotatable bonds is 1. The molecule has 2 atom stereocenters. The van der Waals surface area contributed by atoms with E-state index < -0.39 is 0 Å². The molecule has 11 heavy (non-hydrogen) atoms. The highest BCUT2D eigenvalue weighted by molar-refractivity contribution is 4.90. The molecule has 0 aromatic carbocycles. The van der Waals surface area contributed by atoms with E-state index in [-0.39, 0.29) is 0 Å². The molecule has 0 radical (unpaired) electrons. The normalized spacial score (nSPS) is 38.5. The van der Waals surface area contributed by atoms with Gasteiger partial charge >= 0.3 is 0 Å². The van der Waals surface area contributed by atoms with Crippen LogP contribution in [0.25, 0.3) is 0 Å². The van der Waals surface area contributed by atoms with Crippen molar-refractivity contribution in [2.24, 2.45) is 11.8 Å². The molecule has 64 valence electrons. The van der Waals surface area contributed by atoms with Crippen LogP contribution in [-0.4, -0.2) is 24.0 Å². The van der Waals surface area contributed by atoms with Crippen LogP contribution in [0, 0.1) is 11.8 Å². The maximum absolute atomic E-state index is 2.70. The first-order valence-corrected chi connectivity index (χ1v) is 5.01. The van der Waals surface area contributed by atoms with Crippen molar-refractivity contribution in [3.8, 4) is 0 Å². The quantitative estimate of drug-likeness (QED) is 0.558. The van der Waals surface area contributed by atoms with Crippen LogP contribution in [0.2, 0.25) is 0 Å².